The predicted octanol–water partition coefficient (Wildman–Crippen LogP) is 3.93. The molecule has 0 aliphatic heterocycles. The molecule has 0 atom stereocenters. The molecule has 0 fully saturated rings. The van der Waals surface area contributed by atoms with Crippen molar-refractivity contribution in [1.29, 1.82) is 0 Å². The Morgan fingerprint density at radius 1 is 1.24 bits per heavy atom. The van der Waals surface area contributed by atoms with Crippen molar-refractivity contribution in [3.63, 3.8) is 0 Å². The second-order valence-corrected chi connectivity index (χ2v) is 5.04. The summed E-state index contributed by atoms with van der Waals surface area (Å²) in [6, 6.07) is 12.7. The van der Waals surface area contributed by atoms with E-state index in [1.54, 1.807) is 25.2 Å². The van der Waals surface area contributed by atoms with Gasteiger partial charge in [-0.25, -0.2) is 0 Å². The van der Waals surface area contributed by atoms with Gasteiger partial charge >= 0.3 is 5.69 Å². The minimum absolute atomic E-state index is 0.0644. The lowest BCUT2D eigenvalue weighted by molar-refractivity contribution is -0.383. The molecule has 0 unspecified atom stereocenters. The van der Waals surface area contributed by atoms with Gasteiger partial charge in [-0.15, -0.1) is 0 Å². The number of nitrogens with one attached hydrogen (secondary N) is 1. The highest BCUT2D eigenvalue weighted by molar-refractivity contribution is 6.31. The van der Waals surface area contributed by atoms with Crippen molar-refractivity contribution in [2.75, 3.05) is 24.3 Å². The van der Waals surface area contributed by atoms with Crippen LogP contribution in [0.1, 0.15) is 5.56 Å². The van der Waals surface area contributed by atoms with Gasteiger partial charge < -0.3 is 10.2 Å². The van der Waals surface area contributed by atoms with Gasteiger partial charge in [-0.1, -0.05) is 35.9 Å². The highest BCUT2D eigenvalue weighted by Gasteiger charge is 2.21. The van der Waals surface area contributed by atoms with Crippen molar-refractivity contribution in [2.24, 2.45) is 0 Å². The van der Waals surface area contributed by atoms with Crippen molar-refractivity contribution in [3.8, 4) is 0 Å². The van der Waals surface area contributed by atoms with Crippen LogP contribution in [0, 0.1) is 10.1 Å². The van der Waals surface area contributed by atoms with Crippen molar-refractivity contribution >= 4 is 28.7 Å². The maximum atomic E-state index is 11.3. The minimum atomic E-state index is -0.371. The number of benzene rings is 2. The number of hydrogen-bond donors (Lipinski definition) is 1. The number of hydrogen-bond acceptors (Lipinski definition) is 4. The maximum absolute atomic E-state index is 11.3. The van der Waals surface area contributed by atoms with E-state index in [2.05, 4.69) is 5.32 Å². The smallest absolute Gasteiger partial charge is 0.315 e. The zero-order chi connectivity index (χ0) is 15.4. The molecule has 2 rings (SSSR count). The van der Waals surface area contributed by atoms with Crippen LogP contribution in [0.4, 0.5) is 17.1 Å². The average molecular weight is 306 g/mol. The number of halogens is 1. The molecule has 0 saturated heterocycles. The van der Waals surface area contributed by atoms with Crippen LogP contribution in [0.3, 0.4) is 0 Å². The fraction of sp³-hybridized carbons (Fsp3) is 0.200. The largest absolute Gasteiger partial charge is 0.382 e. The first-order valence-corrected chi connectivity index (χ1v) is 6.82. The Morgan fingerprint density at radius 3 is 2.57 bits per heavy atom. The Hall–Kier alpha value is -2.27. The van der Waals surface area contributed by atoms with Crippen molar-refractivity contribution in [1.82, 2.24) is 0 Å². The topological polar surface area (TPSA) is 58.4 Å². The minimum Gasteiger partial charge on any atom is -0.382 e. The lowest BCUT2D eigenvalue weighted by Crippen LogP contribution is -2.18. The Bertz CT molecular complexity index is 661. The first kappa shape index (κ1) is 15.1. The van der Waals surface area contributed by atoms with Gasteiger partial charge in [0.25, 0.3) is 0 Å². The lowest BCUT2D eigenvalue weighted by atomic mass is 10.1. The molecule has 0 radical (unpaired) electrons. The second kappa shape index (κ2) is 6.45. The molecule has 0 aliphatic carbocycles. The Labute approximate surface area is 128 Å². The van der Waals surface area contributed by atoms with E-state index in [1.165, 1.54) is 0 Å². The van der Waals surface area contributed by atoms with Crippen LogP contribution < -0.4 is 10.2 Å². The van der Waals surface area contributed by atoms with Crippen molar-refractivity contribution in [2.45, 2.75) is 6.54 Å². The molecular weight excluding hydrogens is 290 g/mol. The number of anilines is 2. The molecule has 2 aromatic carbocycles. The summed E-state index contributed by atoms with van der Waals surface area (Å²) in [6.45, 7) is 0.494. The molecule has 0 bridgehead atoms. The SMILES string of the molecule is CNc1cccc(N(C)Cc2ccccc2Cl)c1[N+](=O)[O-]. The van der Waals surface area contributed by atoms with Crippen LogP contribution in [-0.2, 0) is 6.54 Å². The standard InChI is InChI=1S/C15H16ClN3O2/c1-17-13-8-5-9-14(15(13)19(20)21)18(2)10-11-6-3-4-7-12(11)16/h3-9,17H,10H2,1-2H3. The number of rotatable bonds is 5. The molecule has 0 aliphatic rings. The predicted molar refractivity (Wildman–Crippen MR) is 86.2 cm³/mol. The number of para-hydroxylation sites is 1. The quantitative estimate of drug-likeness (QED) is 0.672. The van der Waals surface area contributed by atoms with E-state index >= 15 is 0 Å². The highest BCUT2D eigenvalue weighted by Crippen LogP contribution is 2.35. The van der Waals surface area contributed by atoms with Gasteiger partial charge in [0.05, 0.1) is 4.92 Å². The molecule has 5 nitrogen and oxygen atoms in total. The molecular formula is C15H16ClN3O2. The summed E-state index contributed by atoms with van der Waals surface area (Å²) < 4.78 is 0. The van der Waals surface area contributed by atoms with E-state index < -0.39 is 0 Å². The van der Waals surface area contributed by atoms with Crippen LogP contribution in [0.5, 0.6) is 0 Å². The number of nitrogens with zero attached hydrogens (tertiary/aromatic N) is 2. The van der Waals surface area contributed by atoms with E-state index in [0.29, 0.717) is 22.9 Å². The second-order valence-electron chi connectivity index (χ2n) is 4.63. The molecule has 1 N–H and O–H groups in total. The first-order valence-electron chi connectivity index (χ1n) is 6.44. The monoisotopic (exact) mass is 305 g/mol. The third-order valence-electron chi connectivity index (χ3n) is 3.24. The molecule has 21 heavy (non-hydrogen) atoms. The van der Waals surface area contributed by atoms with Crippen LogP contribution >= 0.6 is 11.6 Å². The van der Waals surface area contributed by atoms with Gasteiger partial charge in [0.2, 0.25) is 0 Å². The summed E-state index contributed by atoms with van der Waals surface area (Å²) in [5, 5.41) is 14.8. The molecule has 2 aromatic rings. The molecule has 0 aromatic heterocycles. The van der Waals surface area contributed by atoms with Gasteiger partial charge in [-0.05, 0) is 23.8 Å². The van der Waals surface area contributed by atoms with Crippen LogP contribution in [0.15, 0.2) is 42.5 Å². The summed E-state index contributed by atoms with van der Waals surface area (Å²) in [5.41, 5.74) is 2.02. The van der Waals surface area contributed by atoms with E-state index in [1.807, 2.05) is 36.2 Å². The molecule has 0 heterocycles. The summed E-state index contributed by atoms with van der Waals surface area (Å²) in [7, 11) is 3.48. The van der Waals surface area contributed by atoms with Crippen LogP contribution in [0.2, 0.25) is 5.02 Å². The van der Waals surface area contributed by atoms with Gasteiger partial charge in [-0.2, -0.15) is 0 Å². The zero-order valence-corrected chi connectivity index (χ0v) is 12.6. The van der Waals surface area contributed by atoms with Gasteiger partial charge in [0, 0.05) is 25.7 Å². The van der Waals surface area contributed by atoms with Crippen LogP contribution in [0.25, 0.3) is 0 Å². The maximum Gasteiger partial charge on any atom is 0.315 e. The van der Waals surface area contributed by atoms with Gasteiger partial charge in [0.15, 0.2) is 0 Å². The van der Waals surface area contributed by atoms with E-state index in [4.69, 9.17) is 11.6 Å². The summed E-state index contributed by atoms with van der Waals surface area (Å²) in [5.74, 6) is 0. The molecule has 6 heteroatoms. The summed E-state index contributed by atoms with van der Waals surface area (Å²) >= 11 is 6.14. The number of nitro groups is 1. The zero-order valence-electron chi connectivity index (χ0n) is 11.8. The van der Waals surface area contributed by atoms with Gasteiger partial charge in [-0.3, -0.25) is 10.1 Å². The fourth-order valence-corrected chi connectivity index (χ4v) is 2.40. The summed E-state index contributed by atoms with van der Waals surface area (Å²) in [4.78, 5) is 12.8. The van der Waals surface area contributed by atoms with Crippen LogP contribution in [-0.4, -0.2) is 19.0 Å². The Morgan fingerprint density at radius 2 is 1.95 bits per heavy atom. The Balaban J connectivity index is 2.37. The molecule has 0 amide bonds. The van der Waals surface area contributed by atoms with E-state index in [9.17, 15) is 10.1 Å². The molecule has 0 saturated carbocycles. The van der Waals surface area contributed by atoms with Crippen molar-refractivity contribution in [3.05, 3.63) is 63.2 Å². The fourth-order valence-electron chi connectivity index (χ4n) is 2.20. The Kier molecular flexibility index (Phi) is 4.65. The lowest BCUT2D eigenvalue weighted by Gasteiger charge is -2.20. The van der Waals surface area contributed by atoms with E-state index in [-0.39, 0.29) is 10.6 Å². The van der Waals surface area contributed by atoms with Gasteiger partial charge in [0.1, 0.15) is 11.4 Å². The average Bonchev–Trinajstić information content (AvgIpc) is 2.48. The third-order valence-corrected chi connectivity index (χ3v) is 3.61. The molecule has 0 spiro atoms. The first-order chi connectivity index (χ1) is 10.0. The third kappa shape index (κ3) is 3.25. The highest BCUT2D eigenvalue weighted by atomic mass is 35.5. The van der Waals surface area contributed by atoms with E-state index in [0.717, 1.165) is 5.56 Å². The normalized spacial score (nSPS) is 10.2. The molecule has 110 valence electrons. The number of nitro benzene ring substituents is 1. The van der Waals surface area contributed by atoms with Crippen molar-refractivity contribution < 1.29 is 4.92 Å². The summed E-state index contributed by atoms with van der Waals surface area (Å²) in [6.07, 6.45) is 0.